The third-order valence-electron chi connectivity index (χ3n) is 1.24. The molecule has 2 heterocycles. The summed E-state index contributed by atoms with van der Waals surface area (Å²) in [4.78, 5) is 3.04. The summed E-state index contributed by atoms with van der Waals surface area (Å²) in [5.74, 6) is 0. The average Bonchev–Trinajstić information content (AvgIpc) is 2.55. The van der Waals surface area contributed by atoms with Gasteiger partial charge in [0.05, 0.1) is 5.69 Å². The van der Waals surface area contributed by atoms with Gasteiger partial charge in [0.2, 0.25) is 0 Å². The lowest BCUT2D eigenvalue weighted by molar-refractivity contribution is 1.02. The van der Waals surface area contributed by atoms with Crippen LogP contribution in [0.2, 0.25) is 0 Å². The molecule has 0 atom stereocenters. The number of aromatic nitrogens is 3. The Morgan fingerprint density at radius 3 is 2.91 bits per heavy atom. The Labute approximate surface area is 72.9 Å². The highest BCUT2D eigenvalue weighted by atomic mass is 32.2. The zero-order chi connectivity index (χ0) is 7.68. The molecule has 0 aliphatic heterocycles. The van der Waals surface area contributed by atoms with Gasteiger partial charge in [0.1, 0.15) is 0 Å². The lowest BCUT2D eigenvalue weighted by Crippen LogP contribution is -1.73. The van der Waals surface area contributed by atoms with Gasteiger partial charge in [-0.25, -0.2) is 0 Å². The van der Waals surface area contributed by atoms with E-state index in [-0.39, 0.29) is 0 Å². The van der Waals surface area contributed by atoms with Crippen LogP contribution in [0.5, 0.6) is 0 Å². The van der Waals surface area contributed by atoms with E-state index in [1.165, 1.54) is 11.3 Å². The molecule has 0 radical (unpaired) electrons. The number of thiol groups is 1. The number of nitrogens with zero attached hydrogens (tertiary/aromatic N) is 2. The quantitative estimate of drug-likeness (QED) is 0.662. The van der Waals surface area contributed by atoms with E-state index >= 15 is 0 Å². The minimum Gasteiger partial charge on any atom is -0.359 e. The largest absolute Gasteiger partial charge is 0.359 e. The van der Waals surface area contributed by atoms with Crippen molar-refractivity contribution in [1.82, 2.24) is 15.2 Å². The van der Waals surface area contributed by atoms with Gasteiger partial charge in [-0.1, -0.05) is 11.3 Å². The molecule has 1 N–H and O–H groups in total. The summed E-state index contributed by atoms with van der Waals surface area (Å²) < 4.78 is 0.689. The Balaban J connectivity index is 2.45. The van der Waals surface area contributed by atoms with Gasteiger partial charge in [-0.15, -0.1) is 22.8 Å². The molecule has 0 bridgehead atoms. The maximum Gasteiger partial charge on any atom is 0.171 e. The standard InChI is InChI=1S/C6H5N3S2/c10-6-9-8-5(11-6)4-2-1-3-7-4/h1-3,7H,(H,9,10). The first-order chi connectivity index (χ1) is 5.36. The van der Waals surface area contributed by atoms with Crippen LogP contribution in [0.1, 0.15) is 0 Å². The van der Waals surface area contributed by atoms with Gasteiger partial charge < -0.3 is 4.98 Å². The van der Waals surface area contributed by atoms with E-state index in [1.807, 2.05) is 18.3 Å². The van der Waals surface area contributed by atoms with E-state index in [2.05, 4.69) is 27.8 Å². The second kappa shape index (κ2) is 2.67. The van der Waals surface area contributed by atoms with Gasteiger partial charge in [-0.05, 0) is 12.1 Å². The molecular weight excluding hydrogens is 178 g/mol. The van der Waals surface area contributed by atoms with Crippen molar-refractivity contribution in [2.75, 3.05) is 0 Å². The maximum absolute atomic E-state index is 4.07. The average molecular weight is 183 g/mol. The van der Waals surface area contributed by atoms with Crippen molar-refractivity contribution in [2.24, 2.45) is 0 Å². The summed E-state index contributed by atoms with van der Waals surface area (Å²) in [5.41, 5.74) is 0.989. The fourth-order valence-electron chi connectivity index (χ4n) is 0.788. The molecule has 2 aromatic rings. The zero-order valence-corrected chi connectivity index (χ0v) is 7.19. The highest BCUT2D eigenvalue weighted by molar-refractivity contribution is 7.82. The molecule has 2 rings (SSSR count). The van der Waals surface area contributed by atoms with Crippen molar-refractivity contribution in [2.45, 2.75) is 4.34 Å². The van der Waals surface area contributed by atoms with Crippen LogP contribution in [0, 0.1) is 0 Å². The third-order valence-corrected chi connectivity index (χ3v) is 2.37. The van der Waals surface area contributed by atoms with Crippen molar-refractivity contribution in [3.63, 3.8) is 0 Å². The molecule has 0 aromatic carbocycles. The van der Waals surface area contributed by atoms with Crippen LogP contribution in [0.4, 0.5) is 0 Å². The lowest BCUT2D eigenvalue weighted by Gasteiger charge is -1.83. The fourth-order valence-corrected chi connectivity index (χ4v) is 1.66. The van der Waals surface area contributed by atoms with Crippen LogP contribution in [0.25, 0.3) is 10.7 Å². The van der Waals surface area contributed by atoms with E-state index in [1.54, 1.807) is 0 Å². The normalized spacial score (nSPS) is 10.3. The molecule has 11 heavy (non-hydrogen) atoms. The highest BCUT2D eigenvalue weighted by Crippen LogP contribution is 2.22. The summed E-state index contributed by atoms with van der Waals surface area (Å²) in [7, 11) is 0. The van der Waals surface area contributed by atoms with E-state index < -0.39 is 0 Å². The fraction of sp³-hybridized carbons (Fsp3) is 0. The number of hydrogen-bond donors (Lipinski definition) is 2. The van der Waals surface area contributed by atoms with E-state index in [9.17, 15) is 0 Å². The number of aromatic amines is 1. The topological polar surface area (TPSA) is 41.6 Å². The Bertz CT molecular complexity index is 338. The van der Waals surface area contributed by atoms with Crippen LogP contribution in [0.3, 0.4) is 0 Å². The SMILES string of the molecule is Sc1nnc(-c2ccc[nH]2)s1. The summed E-state index contributed by atoms with van der Waals surface area (Å²) in [6.07, 6.45) is 1.86. The first-order valence-electron chi connectivity index (χ1n) is 3.02. The molecule has 0 fully saturated rings. The Kier molecular flexibility index (Phi) is 1.67. The van der Waals surface area contributed by atoms with Crippen LogP contribution < -0.4 is 0 Å². The van der Waals surface area contributed by atoms with Crippen molar-refractivity contribution >= 4 is 24.0 Å². The molecule has 56 valence electrons. The number of hydrogen-bond acceptors (Lipinski definition) is 4. The molecule has 2 aromatic heterocycles. The molecule has 5 heteroatoms. The Morgan fingerprint density at radius 1 is 1.45 bits per heavy atom. The number of H-pyrrole nitrogens is 1. The van der Waals surface area contributed by atoms with Crippen LogP contribution in [-0.4, -0.2) is 15.2 Å². The third kappa shape index (κ3) is 1.29. The van der Waals surface area contributed by atoms with Crippen LogP contribution in [-0.2, 0) is 0 Å². The maximum atomic E-state index is 4.07. The van der Waals surface area contributed by atoms with Gasteiger partial charge in [-0.3, -0.25) is 0 Å². The van der Waals surface area contributed by atoms with Crippen LogP contribution in [0.15, 0.2) is 22.7 Å². The minimum absolute atomic E-state index is 0.689. The van der Waals surface area contributed by atoms with Gasteiger partial charge in [0.25, 0.3) is 0 Å². The summed E-state index contributed by atoms with van der Waals surface area (Å²) in [6, 6.07) is 3.88. The van der Waals surface area contributed by atoms with E-state index in [4.69, 9.17) is 0 Å². The molecule has 0 saturated carbocycles. The number of rotatable bonds is 1. The molecule has 3 nitrogen and oxygen atoms in total. The smallest absolute Gasteiger partial charge is 0.171 e. The van der Waals surface area contributed by atoms with Gasteiger partial charge in [-0.2, -0.15) is 0 Å². The van der Waals surface area contributed by atoms with Crippen molar-refractivity contribution in [3.8, 4) is 10.7 Å². The Hall–Kier alpha value is -0.810. The molecule has 0 aliphatic rings. The van der Waals surface area contributed by atoms with Crippen molar-refractivity contribution < 1.29 is 0 Å². The minimum atomic E-state index is 0.689. The van der Waals surface area contributed by atoms with Gasteiger partial charge in [0.15, 0.2) is 9.35 Å². The van der Waals surface area contributed by atoms with Crippen molar-refractivity contribution in [3.05, 3.63) is 18.3 Å². The summed E-state index contributed by atoms with van der Waals surface area (Å²) >= 11 is 5.52. The lowest BCUT2D eigenvalue weighted by atomic mass is 10.5. The van der Waals surface area contributed by atoms with Crippen molar-refractivity contribution in [1.29, 1.82) is 0 Å². The summed E-state index contributed by atoms with van der Waals surface area (Å²) in [5, 5.41) is 8.58. The Morgan fingerprint density at radius 2 is 2.36 bits per heavy atom. The second-order valence-electron chi connectivity index (χ2n) is 1.97. The second-order valence-corrected chi connectivity index (χ2v) is 3.68. The first-order valence-corrected chi connectivity index (χ1v) is 4.29. The molecular formula is C6H5N3S2. The van der Waals surface area contributed by atoms with E-state index in [0.29, 0.717) is 4.34 Å². The molecule has 0 aliphatic carbocycles. The van der Waals surface area contributed by atoms with Crippen LogP contribution >= 0.6 is 24.0 Å². The first kappa shape index (κ1) is 6.87. The monoisotopic (exact) mass is 183 g/mol. The highest BCUT2D eigenvalue weighted by Gasteiger charge is 2.02. The van der Waals surface area contributed by atoms with Gasteiger partial charge >= 0.3 is 0 Å². The molecule has 0 amide bonds. The van der Waals surface area contributed by atoms with E-state index in [0.717, 1.165) is 10.7 Å². The predicted molar refractivity (Wildman–Crippen MR) is 46.9 cm³/mol. The number of nitrogens with one attached hydrogen (secondary N) is 1. The molecule has 0 saturated heterocycles. The molecule has 0 spiro atoms. The summed E-state index contributed by atoms with van der Waals surface area (Å²) in [6.45, 7) is 0. The molecule has 0 unspecified atom stereocenters. The predicted octanol–water partition coefficient (Wildman–Crippen LogP) is 1.82. The van der Waals surface area contributed by atoms with Gasteiger partial charge in [0, 0.05) is 6.20 Å². The zero-order valence-electron chi connectivity index (χ0n) is 5.48.